The van der Waals surface area contributed by atoms with E-state index in [1.54, 1.807) is 18.6 Å². The molecule has 0 aromatic carbocycles. The zero-order valence-electron chi connectivity index (χ0n) is 15.3. The molecule has 2 aromatic rings. The van der Waals surface area contributed by atoms with Crippen molar-refractivity contribution in [2.24, 2.45) is 0 Å². The summed E-state index contributed by atoms with van der Waals surface area (Å²) in [6.07, 6.45) is 7.37. The van der Waals surface area contributed by atoms with Gasteiger partial charge in [-0.3, -0.25) is 4.79 Å². The lowest BCUT2D eigenvalue weighted by molar-refractivity contribution is 0.0740. The van der Waals surface area contributed by atoms with E-state index in [1.807, 2.05) is 23.1 Å². The van der Waals surface area contributed by atoms with Crippen LogP contribution in [-0.2, 0) is 4.74 Å². The topological polar surface area (TPSA) is 83.5 Å². The molecule has 2 aliphatic heterocycles. The summed E-state index contributed by atoms with van der Waals surface area (Å²) in [5.74, 6) is 1.54. The summed E-state index contributed by atoms with van der Waals surface area (Å²) < 4.78 is 5.58. The summed E-state index contributed by atoms with van der Waals surface area (Å²) in [6.45, 7) is 4.37. The molecular weight excluding hydrogens is 344 g/mol. The van der Waals surface area contributed by atoms with Gasteiger partial charge in [-0.05, 0) is 25.0 Å². The number of hydrogen-bond acceptors (Lipinski definition) is 7. The van der Waals surface area contributed by atoms with Gasteiger partial charge in [-0.1, -0.05) is 6.07 Å². The van der Waals surface area contributed by atoms with Crippen LogP contribution in [0.25, 0.3) is 0 Å². The Hall–Kier alpha value is -2.74. The highest BCUT2D eigenvalue weighted by Crippen LogP contribution is 2.15. The summed E-state index contributed by atoms with van der Waals surface area (Å²) in [6, 6.07) is 5.87. The summed E-state index contributed by atoms with van der Waals surface area (Å²) in [4.78, 5) is 29.7. The molecule has 27 heavy (non-hydrogen) atoms. The van der Waals surface area contributed by atoms with E-state index in [2.05, 4.69) is 25.2 Å². The summed E-state index contributed by atoms with van der Waals surface area (Å²) in [5, 5.41) is 3.22. The van der Waals surface area contributed by atoms with Crippen molar-refractivity contribution in [1.29, 1.82) is 0 Å². The van der Waals surface area contributed by atoms with E-state index in [1.165, 1.54) is 0 Å². The second-order valence-electron chi connectivity index (χ2n) is 6.77. The van der Waals surface area contributed by atoms with Crippen molar-refractivity contribution in [2.45, 2.75) is 18.9 Å². The molecule has 2 aliphatic rings. The third-order valence-corrected chi connectivity index (χ3v) is 4.95. The van der Waals surface area contributed by atoms with Crippen LogP contribution in [0.2, 0.25) is 0 Å². The van der Waals surface area contributed by atoms with Gasteiger partial charge >= 0.3 is 0 Å². The Kier molecular flexibility index (Phi) is 5.43. The fourth-order valence-electron chi connectivity index (χ4n) is 3.39. The van der Waals surface area contributed by atoms with Crippen LogP contribution in [0.15, 0.2) is 36.8 Å². The number of amides is 1. The first-order valence-electron chi connectivity index (χ1n) is 9.42. The average molecular weight is 368 g/mol. The van der Waals surface area contributed by atoms with Gasteiger partial charge in [-0.15, -0.1) is 0 Å². The zero-order valence-corrected chi connectivity index (χ0v) is 15.3. The zero-order chi connectivity index (χ0) is 18.5. The molecule has 0 radical (unpaired) electrons. The summed E-state index contributed by atoms with van der Waals surface area (Å²) in [7, 11) is 0. The molecule has 8 nitrogen and oxygen atoms in total. The van der Waals surface area contributed by atoms with Crippen molar-refractivity contribution in [2.75, 3.05) is 49.5 Å². The van der Waals surface area contributed by atoms with Gasteiger partial charge in [-0.25, -0.2) is 15.0 Å². The van der Waals surface area contributed by atoms with E-state index in [4.69, 9.17) is 4.74 Å². The van der Waals surface area contributed by atoms with Crippen LogP contribution in [0.3, 0.4) is 0 Å². The number of nitrogens with one attached hydrogen (secondary N) is 1. The Labute approximate surface area is 158 Å². The Morgan fingerprint density at radius 1 is 1.15 bits per heavy atom. The third-order valence-electron chi connectivity index (χ3n) is 4.95. The Morgan fingerprint density at radius 3 is 2.70 bits per heavy atom. The number of carbonyl (C=O) groups excluding carboxylic acids is 1. The van der Waals surface area contributed by atoms with E-state index in [9.17, 15) is 4.79 Å². The molecule has 142 valence electrons. The van der Waals surface area contributed by atoms with E-state index in [0.717, 1.165) is 44.9 Å². The van der Waals surface area contributed by atoms with Crippen LogP contribution >= 0.6 is 0 Å². The van der Waals surface area contributed by atoms with Gasteiger partial charge in [-0.2, -0.15) is 0 Å². The van der Waals surface area contributed by atoms with Gasteiger partial charge in [0.1, 0.15) is 17.3 Å². The molecule has 4 rings (SSSR count). The summed E-state index contributed by atoms with van der Waals surface area (Å²) >= 11 is 0. The van der Waals surface area contributed by atoms with Crippen molar-refractivity contribution in [3.05, 3.63) is 42.5 Å². The lowest BCUT2D eigenvalue weighted by Gasteiger charge is -2.35. The van der Waals surface area contributed by atoms with E-state index in [-0.39, 0.29) is 12.0 Å². The highest BCUT2D eigenvalue weighted by molar-refractivity contribution is 5.92. The molecule has 0 bridgehead atoms. The molecule has 0 spiro atoms. The molecule has 2 saturated heterocycles. The van der Waals surface area contributed by atoms with Crippen molar-refractivity contribution < 1.29 is 9.53 Å². The van der Waals surface area contributed by atoms with E-state index >= 15 is 0 Å². The molecule has 0 saturated carbocycles. The largest absolute Gasteiger partial charge is 0.376 e. The van der Waals surface area contributed by atoms with Crippen LogP contribution in [0.1, 0.15) is 23.3 Å². The molecule has 2 fully saturated rings. The SMILES string of the molecule is O=C(c1cnc(NCC2CCCO2)cn1)N1CCN(c2ccccn2)CC1. The fourth-order valence-corrected chi connectivity index (χ4v) is 3.39. The lowest BCUT2D eigenvalue weighted by Crippen LogP contribution is -2.49. The maximum Gasteiger partial charge on any atom is 0.274 e. The Balaban J connectivity index is 1.29. The molecule has 8 heteroatoms. The van der Waals surface area contributed by atoms with Crippen molar-refractivity contribution in [3.63, 3.8) is 0 Å². The minimum absolute atomic E-state index is 0.0751. The number of hydrogen-bond donors (Lipinski definition) is 1. The van der Waals surface area contributed by atoms with Crippen LogP contribution in [-0.4, -0.2) is 71.2 Å². The van der Waals surface area contributed by atoms with Crippen LogP contribution in [0.4, 0.5) is 11.6 Å². The number of carbonyl (C=O) groups is 1. The molecule has 0 aliphatic carbocycles. The van der Waals surface area contributed by atoms with Gasteiger partial charge < -0.3 is 19.9 Å². The first-order valence-corrected chi connectivity index (χ1v) is 9.42. The first-order chi connectivity index (χ1) is 13.3. The minimum Gasteiger partial charge on any atom is -0.376 e. The number of pyridine rings is 1. The van der Waals surface area contributed by atoms with Gasteiger partial charge in [0.15, 0.2) is 0 Å². The second kappa shape index (κ2) is 8.30. The maximum absolute atomic E-state index is 12.7. The van der Waals surface area contributed by atoms with E-state index < -0.39 is 0 Å². The molecular formula is C19H24N6O2. The van der Waals surface area contributed by atoms with Gasteiger partial charge in [0.2, 0.25) is 0 Å². The van der Waals surface area contributed by atoms with Gasteiger partial charge in [0.25, 0.3) is 5.91 Å². The highest BCUT2D eigenvalue weighted by Gasteiger charge is 2.24. The number of ether oxygens (including phenoxy) is 1. The summed E-state index contributed by atoms with van der Waals surface area (Å²) in [5.41, 5.74) is 0.379. The molecule has 2 aromatic heterocycles. The van der Waals surface area contributed by atoms with Crippen LogP contribution < -0.4 is 10.2 Å². The number of nitrogens with zero attached hydrogens (tertiary/aromatic N) is 5. The minimum atomic E-state index is -0.0751. The van der Waals surface area contributed by atoms with Gasteiger partial charge in [0.05, 0.1) is 18.5 Å². The average Bonchev–Trinajstić information content (AvgIpc) is 3.27. The highest BCUT2D eigenvalue weighted by atomic mass is 16.5. The molecule has 1 amide bonds. The molecule has 4 heterocycles. The van der Waals surface area contributed by atoms with Crippen molar-refractivity contribution in [1.82, 2.24) is 19.9 Å². The molecule has 1 unspecified atom stereocenters. The quantitative estimate of drug-likeness (QED) is 0.855. The van der Waals surface area contributed by atoms with Crippen LogP contribution in [0, 0.1) is 0 Å². The first kappa shape index (κ1) is 17.7. The van der Waals surface area contributed by atoms with Crippen molar-refractivity contribution >= 4 is 17.5 Å². The predicted molar refractivity (Wildman–Crippen MR) is 102 cm³/mol. The normalized spacial score (nSPS) is 19.9. The predicted octanol–water partition coefficient (Wildman–Crippen LogP) is 1.42. The van der Waals surface area contributed by atoms with Crippen molar-refractivity contribution in [3.8, 4) is 0 Å². The number of anilines is 2. The molecule has 1 atom stereocenters. The monoisotopic (exact) mass is 368 g/mol. The third kappa shape index (κ3) is 4.33. The smallest absolute Gasteiger partial charge is 0.274 e. The van der Waals surface area contributed by atoms with Gasteiger partial charge in [0, 0.05) is 45.5 Å². The number of aromatic nitrogens is 3. The van der Waals surface area contributed by atoms with Crippen LogP contribution in [0.5, 0.6) is 0 Å². The number of rotatable bonds is 5. The molecule has 1 N–H and O–H groups in total. The second-order valence-corrected chi connectivity index (χ2v) is 6.77. The fraction of sp³-hybridized carbons (Fsp3) is 0.474. The lowest BCUT2D eigenvalue weighted by atomic mass is 10.2. The Morgan fingerprint density at radius 2 is 2.04 bits per heavy atom. The van der Waals surface area contributed by atoms with E-state index in [0.29, 0.717) is 24.6 Å². The maximum atomic E-state index is 12.7. The standard InChI is InChI=1S/C19H24N6O2/c26-19(25-9-7-24(8-10-25)18-5-1-2-6-20-18)16-13-23-17(14-21-16)22-12-15-4-3-11-27-15/h1-2,5-6,13-15H,3-4,7-12H2,(H,22,23). The Bertz CT molecular complexity index is 741. The number of piperazine rings is 1.